The molecule has 2 aliphatic rings. The molecule has 3 aromatic rings. The van der Waals surface area contributed by atoms with Crippen LogP contribution in [0.25, 0.3) is 11.3 Å². The Morgan fingerprint density at radius 3 is 2.56 bits per heavy atom. The number of nitrogens with one attached hydrogen (secondary N) is 1. The van der Waals surface area contributed by atoms with E-state index in [1.807, 2.05) is 32.9 Å². The van der Waals surface area contributed by atoms with Crippen LogP contribution >= 0.6 is 0 Å². The van der Waals surface area contributed by atoms with Crippen LogP contribution in [0.1, 0.15) is 69.7 Å². The van der Waals surface area contributed by atoms with Crippen LogP contribution in [0.4, 0.5) is 20.4 Å². The summed E-state index contributed by atoms with van der Waals surface area (Å²) in [5, 5.41) is 14.5. The highest BCUT2D eigenvalue weighted by Crippen LogP contribution is 2.41. The van der Waals surface area contributed by atoms with Gasteiger partial charge in [-0.25, -0.2) is 18.7 Å². The van der Waals surface area contributed by atoms with Crippen LogP contribution in [0.2, 0.25) is 0 Å². The number of aryl methyl sites for hydroxylation is 1. The Labute approximate surface area is 250 Å². The standard InChI is InChI=1S/C32H38F2N4O5/c1-19-13-25(37-28(14-19)38-27-15-21(29(33)34)11-12-35-27)22-7-10-26(36-16-22)32(4,40)23-8-5-20(6-9-23)30(39)41-17-24-18-42-31(2,3)43-24/h7,10-16,20,23-24,29,40H,5-6,8-9,17-18H2,1-4H3,(H,35,37,38)/t20?,23?,24-,32-/m1/s1. The number of alkyl halides is 2. The number of aliphatic hydroxyl groups is 1. The van der Waals surface area contributed by atoms with Gasteiger partial charge >= 0.3 is 5.97 Å². The minimum Gasteiger partial charge on any atom is -0.463 e. The minimum atomic E-state index is -2.59. The molecule has 1 saturated heterocycles. The van der Waals surface area contributed by atoms with Crippen molar-refractivity contribution in [2.24, 2.45) is 11.8 Å². The number of halogens is 2. The third kappa shape index (κ3) is 7.52. The predicted molar refractivity (Wildman–Crippen MR) is 156 cm³/mol. The number of carbonyl (C=O) groups excluding carboxylic acids is 1. The van der Waals surface area contributed by atoms with E-state index in [0.717, 1.165) is 11.1 Å². The molecule has 0 unspecified atom stereocenters. The Bertz CT molecular complexity index is 1430. The van der Waals surface area contributed by atoms with Crippen LogP contribution in [0.3, 0.4) is 0 Å². The van der Waals surface area contributed by atoms with E-state index < -0.39 is 17.8 Å². The molecule has 3 aromatic heterocycles. The minimum absolute atomic E-state index is 0.0633. The lowest BCUT2D eigenvalue weighted by molar-refractivity contribution is -0.163. The Morgan fingerprint density at radius 1 is 1.14 bits per heavy atom. The van der Waals surface area contributed by atoms with Gasteiger partial charge in [-0.3, -0.25) is 9.78 Å². The molecule has 0 aromatic carbocycles. The number of esters is 1. The van der Waals surface area contributed by atoms with Gasteiger partial charge in [0.1, 0.15) is 29.9 Å². The van der Waals surface area contributed by atoms with Gasteiger partial charge < -0.3 is 24.6 Å². The molecule has 9 nitrogen and oxygen atoms in total. The number of hydrogen-bond acceptors (Lipinski definition) is 9. The van der Waals surface area contributed by atoms with Crippen molar-refractivity contribution in [2.45, 2.75) is 77.3 Å². The second-order valence-electron chi connectivity index (χ2n) is 12.0. The van der Waals surface area contributed by atoms with E-state index in [1.165, 1.54) is 18.3 Å². The van der Waals surface area contributed by atoms with Crippen LogP contribution in [-0.4, -0.2) is 51.1 Å². The maximum absolute atomic E-state index is 13.1. The average Bonchev–Trinajstić information content (AvgIpc) is 3.34. The van der Waals surface area contributed by atoms with Crippen LogP contribution in [-0.2, 0) is 24.6 Å². The predicted octanol–water partition coefficient (Wildman–Crippen LogP) is 6.24. The smallest absolute Gasteiger partial charge is 0.309 e. The fourth-order valence-corrected chi connectivity index (χ4v) is 5.74. The molecule has 2 fully saturated rings. The van der Waals surface area contributed by atoms with E-state index in [9.17, 15) is 18.7 Å². The largest absolute Gasteiger partial charge is 0.463 e. The van der Waals surface area contributed by atoms with E-state index in [0.29, 0.717) is 49.5 Å². The second kappa shape index (κ2) is 12.6. The Morgan fingerprint density at radius 2 is 1.91 bits per heavy atom. The number of nitrogens with zero attached hydrogens (tertiary/aromatic N) is 3. The SMILES string of the molecule is Cc1cc(Nc2cc(C(F)F)ccn2)nc(-c2ccc([C@](C)(O)C3CCC(C(=O)OC[C@@H]4COC(C)(C)O4)CC3)nc2)c1. The third-order valence-electron chi connectivity index (χ3n) is 8.17. The van der Waals surface area contributed by atoms with Gasteiger partial charge in [0.15, 0.2) is 5.79 Å². The molecule has 1 aliphatic heterocycles. The van der Waals surface area contributed by atoms with Crippen molar-refractivity contribution >= 4 is 17.6 Å². The topological polar surface area (TPSA) is 116 Å². The molecule has 0 radical (unpaired) electrons. The number of pyridine rings is 3. The number of rotatable bonds is 9. The van der Waals surface area contributed by atoms with E-state index in [2.05, 4.69) is 20.3 Å². The monoisotopic (exact) mass is 596 g/mol. The summed E-state index contributed by atoms with van der Waals surface area (Å²) in [6.07, 6.45) is 2.74. The van der Waals surface area contributed by atoms with Crippen LogP contribution in [0.15, 0.2) is 48.8 Å². The van der Waals surface area contributed by atoms with Gasteiger partial charge in [-0.2, -0.15) is 0 Å². The molecule has 43 heavy (non-hydrogen) atoms. The molecule has 230 valence electrons. The van der Waals surface area contributed by atoms with Gasteiger partial charge in [-0.15, -0.1) is 0 Å². The quantitative estimate of drug-likeness (QED) is 0.277. The van der Waals surface area contributed by atoms with Gasteiger partial charge in [-0.05, 0) is 101 Å². The van der Waals surface area contributed by atoms with Crippen molar-refractivity contribution in [3.63, 3.8) is 0 Å². The highest BCUT2D eigenvalue weighted by Gasteiger charge is 2.40. The van der Waals surface area contributed by atoms with Gasteiger partial charge in [0.05, 0.1) is 23.9 Å². The Balaban J connectivity index is 1.19. The Hall–Kier alpha value is -3.54. The van der Waals surface area contributed by atoms with Crippen molar-refractivity contribution in [1.82, 2.24) is 15.0 Å². The zero-order valence-corrected chi connectivity index (χ0v) is 24.8. The van der Waals surface area contributed by atoms with Crippen LogP contribution in [0.5, 0.6) is 0 Å². The maximum atomic E-state index is 13.1. The molecular formula is C32H38F2N4O5. The molecule has 4 heterocycles. The summed E-state index contributed by atoms with van der Waals surface area (Å²) >= 11 is 0. The first kappa shape index (κ1) is 30.9. The fraction of sp³-hybridized carbons (Fsp3) is 0.500. The van der Waals surface area contributed by atoms with Crippen LogP contribution in [0, 0.1) is 18.8 Å². The zero-order chi connectivity index (χ0) is 30.8. The first-order valence-electron chi connectivity index (χ1n) is 14.6. The summed E-state index contributed by atoms with van der Waals surface area (Å²) in [5.74, 6) is -0.420. The number of anilines is 2. The molecule has 0 bridgehead atoms. The Kier molecular flexibility index (Phi) is 9.05. The number of carbonyl (C=O) groups is 1. The van der Waals surface area contributed by atoms with E-state index in [4.69, 9.17) is 14.2 Å². The van der Waals surface area contributed by atoms with Crippen molar-refractivity contribution < 1.29 is 32.9 Å². The zero-order valence-electron chi connectivity index (χ0n) is 24.8. The second-order valence-corrected chi connectivity index (χ2v) is 12.0. The van der Waals surface area contributed by atoms with Crippen LogP contribution < -0.4 is 5.32 Å². The molecule has 1 saturated carbocycles. The number of aromatic nitrogens is 3. The molecular weight excluding hydrogens is 558 g/mol. The summed E-state index contributed by atoms with van der Waals surface area (Å²) in [4.78, 5) is 26.0. The highest BCUT2D eigenvalue weighted by molar-refractivity contribution is 5.72. The summed E-state index contributed by atoms with van der Waals surface area (Å²) in [7, 11) is 0. The molecule has 1 aliphatic carbocycles. The fourth-order valence-electron chi connectivity index (χ4n) is 5.74. The lowest BCUT2D eigenvalue weighted by Gasteiger charge is -2.37. The highest BCUT2D eigenvalue weighted by atomic mass is 19.3. The van der Waals surface area contributed by atoms with Gasteiger partial charge in [0.25, 0.3) is 6.43 Å². The summed E-state index contributed by atoms with van der Waals surface area (Å²) in [6.45, 7) is 7.92. The lowest BCUT2D eigenvalue weighted by Crippen LogP contribution is -2.37. The molecule has 2 atom stereocenters. The first-order valence-corrected chi connectivity index (χ1v) is 14.6. The van der Waals surface area contributed by atoms with Crippen molar-refractivity contribution in [1.29, 1.82) is 0 Å². The van der Waals surface area contributed by atoms with Gasteiger partial charge in [0.2, 0.25) is 0 Å². The summed E-state index contributed by atoms with van der Waals surface area (Å²) < 4.78 is 42.9. The molecule has 2 N–H and O–H groups in total. The lowest BCUT2D eigenvalue weighted by atomic mass is 9.73. The first-order chi connectivity index (χ1) is 20.4. The van der Waals surface area contributed by atoms with Crippen molar-refractivity contribution in [2.75, 3.05) is 18.5 Å². The number of hydrogen-bond donors (Lipinski definition) is 2. The van der Waals surface area contributed by atoms with E-state index in [1.54, 1.807) is 25.3 Å². The molecule has 0 spiro atoms. The molecule has 5 rings (SSSR count). The third-order valence-corrected chi connectivity index (χ3v) is 8.17. The number of ether oxygens (including phenoxy) is 3. The normalized spacial score (nSPS) is 23.1. The maximum Gasteiger partial charge on any atom is 0.309 e. The van der Waals surface area contributed by atoms with Gasteiger partial charge in [-0.1, -0.05) is 0 Å². The van der Waals surface area contributed by atoms with Gasteiger partial charge in [0, 0.05) is 23.5 Å². The molecule has 0 amide bonds. The summed E-state index contributed by atoms with van der Waals surface area (Å²) in [5.41, 5.74) is 1.54. The van der Waals surface area contributed by atoms with Crippen molar-refractivity contribution in [3.05, 3.63) is 65.6 Å². The van der Waals surface area contributed by atoms with E-state index in [-0.39, 0.29) is 41.9 Å². The summed E-state index contributed by atoms with van der Waals surface area (Å²) in [6, 6.07) is 9.93. The van der Waals surface area contributed by atoms with Crippen molar-refractivity contribution in [3.8, 4) is 11.3 Å². The van der Waals surface area contributed by atoms with E-state index >= 15 is 0 Å². The molecule has 11 heteroatoms. The average molecular weight is 597 g/mol.